The fourth-order valence-electron chi connectivity index (χ4n) is 3.53. The van der Waals surface area contributed by atoms with Crippen LogP contribution in [0.4, 0.5) is 8.78 Å². The van der Waals surface area contributed by atoms with Crippen LogP contribution in [0.5, 0.6) is 5.75 Å². The Hall–Kier alpha value is -2.62. The van der Waals surface area contributed by atoms with Crippen LogP contribution in [0.1, 0.15) is 35.5 Å². The molecule has 1 aliphatic heterocycles. The largest absolute Gasteiger partial charge is 0.434 e. The fraction of sp³-hybridized carbons (Fsp3) is 0.211. The van der Waals surface area contributed by atoms with Gasteiger partial charge in [0.15, 0.2) is 0 Å². The molecule has 0 aliphatic carbocycles. The lowest BCUT2D eigenvalue weighted by molar-refractivity contribution is -0.0507. The number of fused-ring (bicyclic) bond motifs is 3. The lowest BCUT2D eigenvalue weighted by atomic mass is 9.97. The van der Waals surface area contributed by atoms with E-state index >= 15 is 0 Å². The van der Waals surface area contributed by atoms with E-state index in [-0.39, 0.29) is 12.2 Å². The van der Waals surface area contributed by atoms with Gasteiger partial charge in [-0.3, -0.25) is 0 Å². The Bertz CT molecular complexity index is 1040. The Morgan fingerprint density at radius 3 is 2.88 bits per heavy atom. The van der Waals surface area contributed by atoms with Crippen molar-refractivity contribution in [1.29, 1.82) is 0 Å². The quantitative estimate of drug-likeness (QED) is 0.695. The highest BCUT2D eigenvalue weighted by Crippen LogP contribution is 2.45. The van der Waals surface area contributed by atoms with Crippen LogP contribution in [0.3, 0.4) is 0 Å². The van der Waals surface area contributed by atoms with Crippen LogP contribution in [0, 0.1) is 12.3 Å². The van der Waals surface area contributed by atoms with E-state index in [0.717, 1.165) is 0 Å². The van der Waals surface area contributed by atoms with Crippen molar-refractivity contribution in [2.24, 2.45) is 0 Å². The van der Waals surface area contributed by atoms with Gasteiger partial charge < -0.3 is 14.4 Å². The van der Waals surface area contributed by atoms with Gasteiger partial charge in [-0.05, 0) is 30.3 Å². The normalized spacial score (nSPS) is 18.9. The molecule has 0 fully saturated rings. The lowest BCUT2D eigenvalue weighted by Crippen LogP contribution is -2.12. The molecule has 2 atom stereocenters. The van der Waals surface area contributed by atoms with Crippen molar-refractivity contribution in [2.75, 3.05) is 0 Å². The lowest BCUT2D eigenvalue weighted by Gasteiger charge is -2.20. The average molecular weight is 375 g/mol. The molecule has 3 aromatic rings. The van der Waals surface area contributed by atoms with Crippen molar-refractivity contribution in [1.82, 2.24) is 9.55 Å². The van der Waals surface area contributed by atoms with Gasteiger partial charge in [0.1, 0.15) is 17.7 Å². The number of imidazole rings is 1. The minimum atomic E-state index is -2.98. The van der Waals surface area contributed by atoms with Gasteiger partial charge in [-0.2, -0.15) is 8.78 Å². The Balaban J connectivity index is 1.96. The number of ether oxygens (including phenoxy) is 1. The molecule has 1 aliphatic rings. The summed E-state index contributed by atoms with van der Waals surface area (Å²) in [5, 5.41) is 11.0. The van der Waals surface area contributed by atoms with Gasteiger partial charge in [-0.25, -0.2) is 4.98 Å². The monoisotopic (exact) mass is 374 g/mol. The van der Waals surface area contributed by atoms with Crippen LogP contribution in [-0.4, -0.2) is 21.3 Å². The maximum absolute atomic E-state index is 12.9. The second kappa shape index (κ2) is 6.27. The summed E-state index contributed by atoms with van der Waals surface area (Å²) < 4.78 is 32.2. The summed E-state index contributed by atoms with van der Waals surface area (Å²) in [5.41, 5.74) is 2.20. The minimum Gasteiger partial charge on any atom is -0.434 e. The predicted molar refractivity (Wildman–Crippen MR) is 93.5 cm³/mol. The third-order valence-electron chi connectivity index (χ3n) is 4.51. The number of aliphatic hydroxyl groups is 1. The summed E-state index contributed by atoms with van der Waals surface area (Å²) in [4.78, 5) is 4.45. The van der Waals surface area contributed by atoms with Gasteiger partial charge in [-0.15, -0.1) is 6.42 Å². The maximum atomic E-state index is 12.9. The standard InChI is InChI=1S/C19H13ClF2N2O2/c1-2-10-4-3-5-16(26-19(21)22)17(10)14-9-15(25)18-23-12-7-6-11(20)8-13(12)24(14)18/h1,3-8,14-15,19,25H,9H2/t14-,15+/m1/s1. The highest BCUT2D eigenvalue weighted by molar-refractivity contribution is 6.31. The van der Waals surface area contributed by atoms with Crippen molar-refractivity contribution in [3.63, 3.8) is 0 Å². The van der Waals surface area contributed by atoms with Gasteiger partial charge in [-0.1, -0.05) is 23.6 Å². The first kappa shape index (κ1) is 16.8. The van der Waals surface area contributed by atoms with Gasteiger partial charge >= 0.3 is 6.61 Å². The maximum Gasteiger partial charge on any atom is 0.387 e. The van der Waals surface area contributed by atoms with E-state index in [4.69, 9.17) is 22.8 Å². The van der Waals surface area contributed by atoms with E-state index in [2.05, 4.69) is 10.9 Å². The smallest absolute Gasteiger partial charge is 0.387 e. The highest BCUT2D eigenvalue weighted by atomic mass is 35.5. The summed E-state index contributed by atoms with van der Waals surface area (Å²) >= 11 is 6.11. The number of hydrogen-bond acceptors (Lipinski definition) is 3. The number of nitrogens with zero attached hydrogens (tertiary/aromatic N) is 2. The molecule has 0 amide bonds. The molecule has 132 valence electrons. The number of terminal acetylenes is 1. The Morgan fingerprint density at radius 1 is 1.35 bits per heavy atom. The van der Waals surface area contributed by atoms with E-state index in [1.807, 2.05) is 0 Å². The first-order valence-corrected chi connectivity index (χ1v) is 8.27. The summed E-state index contributed by atoms with van der Waals surface area (Å²) in [5.74, 6) is 2.95. The molecule has 1 aromatic heterocycles. The van der Waals surface area contributed by atoms with Gasteiger partial charge in [0, 0.05) is 22.6 Å². The van der Waals surface area contributed by atoms with Gasteiger partial charge in [0.25, 0.3) is 0 Å². The van der Waals surface area contributed by atoms with Crippen LogP contribution < -0.4 is 4.74 Å². The second-order valence-electron chi connectivity index (χ2n) is 5.98. The molecule has 2 heterocycles. The first-order chi connectivity index (χ1) is 12.5. The summed E-state index contributed by atoms with van der Waals surface area (Å²) in [6.45, 7) is -2.98. The molecule has 26 heavy (non-hydrogen) atoms. The molecule has 7 heteroatoms. The zero-order chi connectivity index (χ0) is 18.4. The van der Waals surface area contributed by atoms with Crippen LogP contribution >= 0.6 is 11.6 Å². The summed E-state index contributed by atoms with van der Waals surface area (Å²) in [7, 11) is 0. The molecule has 0 bridgehead atoms. The zero-order valence-corrected chi connectivity index (χ0v) is 14.1. The van der Waals surface area contributed by atoms with Crippen LogP contribution in [0.25, 0.3) is 11.0 Å². The number of alkyl halides is 2. The fourth-order valence-corrected chi connectivity index (χ4v) is 3.70. The van der Waals surface area contributed by atoms with Gasteiger partial charge in [0.05, 0.1) is 17.1 Å². The van der Waals surface area contributed by atoms with E-state index in [9.17, 15) is 13.9 Å². The van der Waals surface area contributed by atoms with Crippen LogP contribution in [-0.2, 0) is 0 Å². The number of rotatable bonds is 3. The van der Waals surface area contributed by atoms with E-state index in [1.54, 1.807) is 34.9 Å². The SMILES string of the molecule is C#Cc1cccc(OC(F)F)c1[C@H]1C[C@H](O)c2nc3ccc(Cl)cc3n21. The minimum absolute atomic E-state index is 0.00984. The van der Waals surface area contributed by atoms with Crippen molar-refractivity contribution < 1.29 is 18.6 Å². The molecule has 2 aromatic carbocycles. The molecule has 1 N–H and O–H groups in total. The predicted octanol–water partition coefficient (Wildman–Crippen LogP) is 4.30. The molecular weight excluding hydrogens is 362 g/mol. The molecule has 0 radical (unpaired) electrons. The van der Waals surface area contributed by atoms with Crippen molar-refractivity contribution in [2.45, 2.75) is 25.2 Å². The van der Waals surface area contributed by atoms with Gasteiger partial charge in [0.2, 0.25) is 0 Å². The first-order valence-electron chi connectivity index (χ1n) is 7.89. The molecule has 0 saturated heterocycles. The second-order valence-corrected chi connectivity index (χ2v) is 6.42. The molecule has 4 nitrogen and oxygen atoms in total. The molecular formula is C19H13ClF2N2O2. The highest BCUT2D eigenvalue weighted by Gasteiger charge is 2.36. The molecule has 0 saturated carbocycles. The third kappa shape index (κ3) is 2.61. The van der Waals surface area contributed by atoms with Crippen molar-refractivity contribution >= 4 is 22.6 Å². The van der Waals surface area contributed by atoms with Crippen LogP contribution in [0.15, 0.2) is 36.4 Å². The number of aliphatic hydroxyl groups excluding tert-OH is 1. The summed E-state index contributed by atoms with van der Waals surface area (Å²) in [6.07, 6.45) is 4.99. The molecule has 0 spiro atoms. The van der Waals surface area contributed by atoms with E-state index in [1.165, 1.54) is 6.07 Å². The topological polar surface area (TPSA) is 47.3 Å². The molecule has 4 rings (SSSR count). The van der Waals surface area contributed by atoms with E-state index < -0.39 is 18.8 Å². The third-order valence-corrected chi connectivity index (χ3v) is 4.74. The Kier molecular flexibility index (Phi) is 4.06. The summed E-state index contributed by atoms with van der Waals surface area (Å²) in [6, 6.07) is 9.34. The molecule has 0 unspecified atom stereocenters. The average Bonchev–Trinajstić information content (AvgIpc) is 3.12. The van der Waals surface area contributed by atoms with Crippen LogP contribution in [0.2, 0.25) is 5.02 Å². The van der Waals surface area contributed by atoms with E-state index in [0.29, 0.717) is 33.0 Å². The number of halogens is 3. The number of aromatic nitrogens is 2. The number of hydrogen-bond donors (Lipinski definition) is 1. The van der Waals surface area contributed by atoms with Crippen molar-refractivity contribution in [3.8, 4) is 18.1 Å². The Labute approximate surface area is 153 Å². The Morgan fingerprint density at radius 2 is 2.15 bits per heavy atom. The zero-order valence-electron chi connectivity index (χ0n) is 13.4. The number of benzene rings is 2. The van der Waals surface area contributed by atoms with Crippen molar-refractivity contribution in [3.05, 3.63) is 58.4 Å².